The first kappa shape index (κ1) is 22.2. The van der Waals surface area contributed by atoms with Gasteiger partial charge in [0.15, 0.2) is 0 Å². The molecule has 4 unspecified atom stereocenters. The Morgan fingerprint density at radius 2 is 1.78 bits per heavy atom. The van der Waals surface area contributed by atoms with Gasteiger partial charge in [0.1, 0.15) is 5.75 Å². The normalized spacial score (nSPS) is 30.3. The van der Waals surface area contributed by atoms with Gasteiger partial charge in [-0.15, -0.1) is 0 Å². The van der Waals surface area contributed by atoms with Crippen LogP contribution in [0.4, 0.5) is 0 Å². The lowest BCUT2D eigenvalue weighted by Crippen LogP contribution is -2.64. The van der Waals surface area contributed by atoms with Crippen molar-refractivity contribution < 1.29 is 10.2 Å². The van der Waals surface area contributed by atoms with Crippen molar-refractivity contribution in [3.63, 3.8) is 0 Å². The summed E-state index contributed by atoms with van der Waals surface area (Å²) in [6.07, 6.45) is 1.85. The molecule has 3 nitrogen and oxygen atoms in total. The highest BCUT2D eigenvalue weighted by Gasteiger charge is 2.58. The van der Waals surface area contributed by atoms with Gasteiger partial charge in [-0.25, -0.2) is 0 Å². The fourth-order valence-corrected chi connectivity index (χ4v) is 5.33. The molecule has 2 N–H and O–H groups in total. The summed E-state index contributed by atoms with van der Waals surface area (Å²) < 4.78 is 0. The Morgan fingerprint density at radius 3 is 2.33 bits per heavy atom. The Hall–Kier alpha value is -1.06. The van der Waals surface area contributed by atoms with Crippen molar-refractivity contribution in [3.8, 4) is 5.75 Å². The van der Waals surface area contributed by atoms with Crippen LogP contribution >= 0.6 is 0 Å². The average molecular weight is 376 g/mol. The van der Waals surface area contributed by atoms with Crippen molar-refractivity contribution in [1.82, 2.24) is 4.90 Å². The van der Waals surface area contributed by atoms with Crippen LogP contribution in [-0.4, -0.2) is 40.9 Å². The van der Waals surface area contributed by atoms with Crippen LogP contribution in [0.2, 0.25) is 0 Å². The van der Waals surface area contributed by atoms with Gasteiger partial charge in [-0.2, -0.15) is 0 Å². The molecule has 154 valence electrons. The molecule has 1 aromatic rings. The minimum absolute atomic E-state index is 0.0684. The Bertz CT molecular complexity index is 683. The summed E-state index contributed by atoms with van der Waals surface area (Å²) in [6, 6.07) is 3.84. The summed E-state index contributed by atoms with van der Waals surface area (Å²) in [5.74, 6) is 1.08. The summed E-state index contributed by atoms with van der Waals surface area (Å²) in [6.45, 7) is 19.4. The SMILES string of the molecule is CCN(C)CC(C)(c1ccc(O)c(C)c1C)C1(O)CCC(C)C(C)(C)C1C. The molecule has 0 radical (unpaired) electrons. The second-order valence-corrected chi connectivity index (χ2v) is 9.95. The number of hydrogen-bond acceptors (Lipinski definition) is 3. The minimum Gasteiger partial charge on any atom is -0.508 e. The van der Waals surface area contributed by atoms with Gasteiger partial charge in [0.2, 0.25) is 0 Å². The molecule has 0 amide bonds. The largest absolute Gasteiger partial charge is 0.508 e. The van der Waals surface area contributed by atoms with E-state index in [0.717, 1.165) is 42.6 Å². The molecular formula is C24H41NO2. The number of benzene rings is 1. The quantitative estimate of drug-likeness (QED) is 0.757. The van der Waals surface area contributed by atoms with Crippen LogP contribution in [0.5, 0.6) is 5.75 Å². The predicted molar refractivity (Wildman–Crippen MR) is 114 cm³/mol. The smallest absolute Gasteiger partial charge is 0.118 e. The minimum atomic E-state index is -0.805. The molecule has 2 rings (SSSR count). The van der Waals surface area contributed by atoms with Crippen molar-refractivity contribution in [3.05, 3.63) is 28.8 Å². The fourth-order valence-electron chi connectivity index (χ4n) is 5.33. The molecule has 0 spiro atoms. The van der Waals surface area contributed by atoms with Crippen molar-refractivity contribution in [2.24, 2.45) is 17.3 Å². The second kappa shape index (κ2) is 7.40. The molecule has 1 fully saturated rings. The van der Waals surface area contributed by atoms with Crippen LogP contribution in [0.15, 0.2) is 12.1 Å². The number of aliphatic hydroxyl groups is 1. The van der Waals surface area contributed by atoms with Crippen molar-refractivity contribution in [2.75, 3.05) is 20.1 Å². The Kier molecular flexibility index (Phi) is 6.10. The van der Waals surface area contributed by atoms with Gasteiger partial charge in [0, 0.05) is 12.0 Å². The Balaban J connectivity index is 2.69. The number of phenols is 1. The number of aromatic hydroxyl groups is 1. The summed E-state index contributed by atoms with van der Waals surface area (Å²) in [5, 5.41) is 22.5. The lowest BCUT2D eigenvalue weighted by molar-refractivity contribution is -0.162. The average Bonchev–Trinajstić information content (AvgIpc) is 2.61. The Morgan fingerprint density at radius 1 is 1.19 bits per heavy atom. The molecule has 3 heteroatoms. The lowest BCUT2D eigenvalue weighted by Gasteiger charge is -2.59. The van der Waals surface area contributed by atoms with Gasteiger partial charge in [0.05, 0.1) is 5.60 Å². The van der Waals surface area contributed by atoms with E-state index in [4.69, 9.17) is 0 Å². The third kappa shape index (κ3) is 3.42. The maximum atomic E-state index is 12.3. The number of likely N-dealkylation sites (N-methyl/N-ethyl adjacent to an activating group) is 1. The third-order valence-electron chi connectivity index (χ3n) is 8.50. The third-order valence-corrected chi connectivity index (χ3v) is 8.50. The highest BCUT2D eigenvalue weighted by atomic mass is 16.3. The summed E-state index contributed by atoms with van der Waals surface area (Å²) >= 11 is 0. The van der Waals surface area contributed by atoms with Crippen LogP contribution in [0.25, 0.3) is 0 Å². The predicted octanol–water partition coefficient (Wildman–Crippen LogP) is 5.04. The molecule has 0 heterocycles. The molecule has 1 saturated carbocycles. The van der Waals surface area contributed by atoms with Gasteiger partial charge < -0.3 is 15.1 Å². The molecule has 0 aromatic heterocycles. The van der Waals surface area contributed by atoms with E-state index in [1.807, 2.05) is 13.0 Å². The molecule has 1 aliphatic rings. The van der Waals surface area contributed by atoms with Crippen LogP contribution in [0.1, 0.15) is 71.1 Å². The molecule has 0 saturated heterocycles. The first-order chi connectivity index (χ1) is 12.3. The number of rotatable bonds is 5. The van der Waals surface area contributed by atoms with Gasteiger partial charge in [-0.05, 0) is 80.3 Å². The van der Waals surface area contributed by atoms with Crippen molar-refractivity contribution in [1.29, 1.82) is 0 Å². The molecule has 1 aliphatic carbocycles. The summed E-state index contributed by atoms with van der Waals surface area (Å²) in [4.78, 5) is 2.30. The number of phenolic OH excluding ortho intramolecular Hbond substituents is 1. The van der Waals surface area contributed by atoms with E-state index in [2.05, 4.69) is 60.4 Å². The van der Waals surface area contributed by atoms with E-state index < -0.39 is 11.0 Å². The molecule has 27 heavy (non-hydrogen) atoms. The molecule has 0 bridgehead atoms. The van der Waals surface area contributed by atoms with Gasteiger partial charge in [-0.1, -0.05) is 47.6 Å². The maximum Gasteiger partial charge on any atom is 0.118 e. The molecule has 4 atom stereocenters. The van der Waals surface area contributed by atoms with Crippen molar-refractivity contribution >= 4 is 0 Å². The van der Waals surface area contributed by atoms with Crippen LogP contribution in [-0.2, 0) is 5.41 Å². The first-order valence-electron chi connectivity index (χ1n) is 10.5. The summed E-state index contributed by atoms with van der Waals surface area (Å²) in [5.41, 5.74) is 2.02. The highest BCUT2D eigenvalue weighted by molar-refractivity contribution is 5.47. The standard InChI is InChI=1S/C24H41NO2/c1-10-25(9)15-23(8,20-11-12-21(26)18(4)17(20)3)24(27)14-13-16(2)22(6,7)19(24)5/h11-12,16,19,26-27H,10,13-15H2,1-9H3. The summed E-state index contributed by atoms with van der Waals surface area (Å²) in [7, 11) is 2.13. The van der Waals surface area contributed by atoms with Gasteiger partial charge >= 0.3 is 0 Å². The van der Waals surface area contributed by atoms with Gasteiger partial charge in [-0.3, -0.25) is 0 Å². The number of hydrogen-bond donors (Lipinski definition) is 2. The zero-order valence-electron chi connectivity index (χ0n) is 19.0. The van der Waals surface area contributed by atoms with E-state index in [9.17, 15) is 10.2 Å². The van der Waals surface area contributed by atoms with Crippen molar-refractivity contribution in [2.45, 2.75) is 79.2 Å². The second-order valence-electron chi connectivity index (χ2n) is 9.95. The van der Waals surface area contributed by atoms with Gasteiger partial charge in [0.25, 0.3) is 0 Å². The fraction of sp³-hybridized carbons (Fsp3) is 0.750. The van der Waals surface area contributed by atoms with E-state index in [0.29, 0.717) is 11.7 Å². The van der Waals surface area contributed by atoms with E-state index >= 15 is 0 Å². The first-order valence-corrected chi connectivity index (χ1v) is 10.5. The molecule has 0 aliphatic heterocycles. The zero-order chi connectivity index (χ0) is 20.8. The lowest BCUT2D eigenvalue weighted by atomic mass is 9.49. The topological polar surface area (TPSA) is 43.7 Å². The maximum absolute atomic E-state index is 12.3. The van der Waals surface area contributed by atoms with E-state index in [1.165, 1.54) is 0 Å². The van der Waals surface area contributed by atoms with E-state index in [-0.39, 0.29) is 11.3 Å². The zero-order valence-corrected chi connectivity index (χ0v) is 19.0. The Labute approximate surface area is 166 Å². The van der Waals surface area contributed by atoms with Crippen LogP contribution < -0.4 is 0 Å². The molecule has 1 aromatic carbocycles. The number of nitrogens with zero attached hydrogens (tertiary/aromatic N) is 1. The van der Waals surface area contributed by atoms with Crippen LogP contribution in [0, 0.1) is 31.1 Å². The monoisotopic (exact) mass is 375 g/mol. The van der Waals surface area contributed by atoms with E-state index in [1.54, 1.807) is 6.07 Å². The highest BCUT2D eigenvalue weighted by Crippen LogP contribution is 2.56. The van der Waals surface area contributed by atoms with Crippen LogP contribution in [0.3, 0.4) is 0 Å². The molecular weight excluding hydrogens is 334 g/mol.